The summed E-state index contributed by atoms with van der Waals surface area (Å²) >= 11 is 0. The van der Waals surface area contributed by atoms with E-state index in [9.17, 15) is 19.8 Å². The molecule has 0 aromatic rings. The van der Waals surface area contributed by atoms with Crippen LogP contribution in [0.5, 0.6) is 0 Å². The van der Waals surface area contributed by atoms with Crippen LogP contribution in [0.1, 0.15) is 322 Å². The average molecular weight is 931 g/mol. The van der Waals surface area contributed by atoms with Gasteiger partial charge in [-0.1, -0.05) is 276 Å². The highest BCUT2D eigenvalue weighted by atomic mass is 16.5. The van der Waals surface area contributed by atoms with E-state index >= 15 is 0 Å². The molecule has 0 spiro atoms. The normalized spacial score (nSPS) is 12.7. The molecule has 2 unspecified atom stereocenters. The van der Waals surface area contributed by atoms with Crippen molar-refractivity contribution >= 4 is 11.9 Å². The number of nitrogens with one attached hydrogen (secondary N) is 1. The van der Waals surface area contributed by atoms with Gasteiger partial charge in [-0.05, 0) is 57.8 Å². The van der Waals surface area contributed by atoms with Gasteiger partial charge in [0, 0.05) is 12.8 Å². The highest BCUT2D eigenvalue weighted by Crippen LogP contribution is 2.17. The fourth-order valence-electron chi connectivity index (χ4n) is 9.16. The number of aliphatic hydroxyl groups is 2. The zero-order chi connectivity index (χ0) is 47.9. The number of amides is 1. The molecule has 0 fully saturated rings. The van der Waals surface area contributed by atoms with Gasteiger partial charge >= 0.3 is 5.97 Å². The van der Waals surface area contributed by atoms with E-state index in [-0.39, 0.29) is 18.5 Å². The Morgan fingerprint density at radius 1 is 0.409 bits per heavy atom. The maximum Gasteiger partial charge on any atom is 0.305 e. The van der Waals surface area contributed by atoms with Gasteiger partial charge in [0.15, 0.2) is 0 Å². The minimum atomic E-state index is -0.862. The first-order valence-corrected chi connectivity index (χ1v) is 29.6. The average Bonchev–Trinajstić information content (AvgIpc) is 3.32. The molecule has 0 aliphatic heterocycles. The summed E-state index contributed by atoms with van der Waals surface area (Å²) in [5.41, 5.74) is 0. The SMILES string of the molecule is CCCCCCCCCCCCCCCCCCCCCCC/C=C/C(O)C(CO)NC(=O)CCCCC/C=C\CCCCCCCCOC(=O)CCCCCCCCCCCCCCC. The molecule has 1 amide bonds. The minimum Gasteiger partial charge on any atom is -0.466 e. The van der Waals surface area contributed by atoms with E-state index in [1.54, 1.807) is 6.08 Å². The minimum absolute atomic E-state index is 0.0119. The van der Waals surface area contributed by atoms with Crippen molar-refractivity contribution in [2.45, 2.75) is 334 Å². The van der Waals surface area contributed by atoms with Crippen molar-refractivity contribution in [3.63, 3.8) is 0 Å². The van der Waals surface area contributed by atoms with Gasteiger partial charge in [-0.3, -0.25) is 9.59 Å². The molecule has 0 heterocycles. The van der Waals surface area contributed by atoms with Crippen LogP contribution >= 0.6 is 0 Å². The summed E-state index contributed by atoms with van der Waals surface area (Å²) in [7, 11) is 0. The lowest BCUT2D eigenvalue weighted by atomic mass is 10.0. The van der Waals surface area contributed by atoms with Crippen LogP contribution in [0, 0.1) is 0 Å². The number of allylic oxidation sites excluding steroid dienone is 3. The molecular weight excluding hydrogens is 815 g/mol. The molecule has 0 rings (SSSR count). The van der Waals surface area contributed by atoms with Gasteiger partial charge < -0.3 is 20.3 Å². The Morgan fingerprint density at radius 3 is 1.09 bits per heavy atom. The molecule has 2 atom stereocenters. The number of carbonyl (C=O) groups excluding carboxylic acids is 2. The largest absolute Gasteiger partial charge is 0.466 e. The first-order chi connectivity index (χ1) is 32.5. The molecule has 0 aliphatic rings. The van der Waals surface area contributed by atoms with Crippen molar-refractivity contribution in [2.24, 2.45) is 0 Å². The van der Waals surface area contributed by atoms with E-state index in [0.717, 1.165) is 70.6 Å². The second-order valence-corrected chi connectivity index (χ2v) is 20.3. The summed E-state index contributed by atoms with van der Waals surface area (Å²) in [6, 6.07) is -0.648. The number of esters is 1. The Hall–Kier alpha value is -1.66. The molecule has 390 valence electrons. The molecular formula is C60H115NO5. The van der Waals surface area contributed by atoms with Crippen LogP contribution in [-0.4, -0.2) is 47.4 Å². The lowest BCUT2D eigenvalue weighted by Gasteiger charge is -2.19. The van der Waals surface area contributed by atoms with Crippen molar-refractivity contribution in [1.29, 1.82) is 0 Å². The van der Waals surface area contributed by atoms with E-state index in [0.29, 0.717) is 19.4 Å². The number of hydrogen-bond acceptors (Lipinski definition) is 5. The molecule has 0 aromatic carbocycles. The highest BCUT2D eigenvalue weighted by molar-refractivity contribution is 5.76. The van der Waals surface area contributed by atoms with Crippen LogP contribution in [0.2, 0.25) is 0 Å². The highest BCUT2D eigenvalue weighted by Gasteiger charge is 2.18. The molecule has 0 saturated heterocycles. The topological polar surface area (TPSA) is 95.9 Å². The van der Waals surface area contributed by atoms with E-state index in [1.165, 1.54) is 225 Å². The fourth-order valence-corrected chi connectivity index (χ4v) is 9.16. The Labute approximate surface area is 411 Å². The van der Waals surface area contributed by atoms with Gasteiger partial charge in [0.1, 0.15) is 0 Å². The fraction of sp³-hybridized carbons (Fsp3) is 0.900. The van der Waals surface area contributed by atoms with Crippen LogP contribution in [0.25, 0.3) is 0 Å². The number of carbonyl (C=O) groups is 2. The Balaban J connectivity index is 3.52. The summed E-state index contributed by atoms with van der Waals surface area (Å²) in [5, 5.41) is 23.2. The quantitative estimate of drug-likeness (QED) is 0.0321. The third-order valence-corrected chi connectivity index (χ3v) is 13.7. The third kappa shape index (κ3) is 51.7. The summed E-state index contributed by atoms with van der Waals surface area (Å²) in [4.78, 5) is 24.5. The van der Waals surface area contributed by atoms with Crippen molar-refractivity contribution in [3.8, 4) is 0 Å². The number of hydrogen-bond donors (Lipinski definition) is 3. The Morgan fingerprint density at radius 2 is 0.712 bits per heavy atom. The molecule has 66 heavy (non-hydrogen) atoms. The van der Waals surface area contributed by atoms with Crippen LogP contribution in [0.4, 0.5) is 0 Å². The molecule has 0 radical (unpaired) electrons. The lowest BCUT2D eigenvalue weighted by Crippen LogP contribution is -2.45. The van der Waals surface area contributed by atoms with E-state index in [2.05, 4.69) is 31.3 Å². The lowest BCUT2D eigenvalue weighted by molar-refractivity contribution is -0.143. The van der Waals surface area contributed by atoms with Crippen LogP contribution in [0.3, 0.4) is 0 Å². The maximum absolute atomic E-state index is 12.5. The van der Waals surface area contributed by atoms with Crippen LogP contribution < -0.4 is 5.32 Å². The van der Waals surface area contributed by atoms with E-state index in [1.807, 2.05) is 6.08 Å². The third-order valence-electron chi connectivity index (χ3n) is 13.7. The first kappa shape index (κ1) is 64.3. The van der Waals surface area contributed by atoms with Crippen molar-refractivity contribution < 1.29 is 24.5 Å². The summed E-state index contributed by atoms with van der Waals surface area (Å²) in [6.07, 6.45) is 67.8. The predicted molar refractivity (Wildman–Crippen MR) is 287 cm³/mol. The zero-order valence-electron chi connectivity index (χ0n) is 44.4. The molecule has 0 saturated carbocycles. The van der Waals surface area contributed by atoms with Crippen molar-refractivity contribution in [3.05, 3.63) is 24.3 Å². The monoisotopic (exact) mass is 930 g/mol. The van der Waals surface area contributed by atoms with Gasteiger partial charge in [-0.25, -0.2) is 0 Å². The maximum atomic E-state index is 12.5. The Bertz CT molecular complexity index is 1030. The predicted octanol–water partition coefficient (Wildman–Crippen LogP) is 18.2. The number of rotatable bonds is 55. The standard InChI is InChI=1S/C60H115NO5/c1-3-5-7-9-11-13-15-17-18-19-20-21-22-23-24-25-26-29-32-36-40-44-48-52-58(63)57(56-62)61-59(64)53-49-45-41-37-33-30-27-31-35-39-43-47-51-55-66-60(65)54-50-46-42-38-34-28-16-14-12-10-8-6-4-2/h30,33,48,52,57-58,62-63H,3-29,31-32,34-47,49-51,53-56H2,1-2H3,(H,61,64)/b33-30-,52-48+. The molecule has 0 aliphatic carbocycles. The second kappa shape index (κ2) is 55.9. The van der Waals surface area contributed by atoms with Gasteiger partial charge in [-0.15, -0.1) is 0 Å². The summed E-state index contributed by atoms with van der Waals surface area (Å²) in [5.74, 6) is -0.107. The number of ether oxygens (including phenoxy) is 1. The summed E-state index contributed by atoms with van der Waals surface area (Å²) in [6.45, 7) is 4.88. The molecule has 6 nitrogen and oxygen atoms in total. The second-order valence-electron chi connectivity index (χ2n) is 20.3. The molecule has 0 aromatic heterocycles. The van der Waals surface area contributed by atoms with Gasteiger partial charge in [-0.2, -0.15) is 0 Å². The van der Waals surface area contributed by atoms with Gasteiger partial charge in [0.05, 0.1) is 25.4 Å². The van der Waals surface area contributed by atoms with Crippen LogP contribution in [-0.2, 0) is 14.3 Å². The summed E-state index contributed by atoms with van der Waals surface area (Å²) < 4.78 is 5.46. The zero-order valence-corrected chi connectivity index (χ0v) is 44.4. The molecule has 6 heteroatoms. The smallest absolute Gasteiger partial charge is 0.305 e. The Kier molecular flexibility index (Phi) is 54.5. The van der Waals surface area contributed by atoms with Crippen LogP contribution in [0.15, 0.2) is 24.3 Å². The first-order valence-electron chi connectivity index (χ1n) is 29.6. The van der Waals surface area contributed by atoms with Crippen molar-refractivity contribution in [1.82, 2.24) is 5.32 Å². The van der Waals surface area contributed by atoms with Gasteiger partial charge in [0.2, 0.25) is 5.91 Å². The van der Waals surface area contributed by atoms with E-state index < -0.39 is 12.1 Å². The molecule has 0 bridgehead atoms. The van der Waals surface area contributed by atoms with Gasteiger partial charge in [0.25, 0.3) is 0 Å². The number of aliphatic hydroxyl groups excluding tert-OH is 2. The molecule has 3 N–H and O–H groups in total. The van der Waals surface area contributed by atoms with E-state index in [4.69, 9.17) is 4.74 Å². The number of unbranched alkanes of at least 4 members (excludes halogenated alkanes) is 42. The van der Waals surface area contributed by atoms with Crippen molar-refractivity contribution in [2.75, 3.05) is 13.2 Å².